The van der Waals surface area contributed by atoms with Gasteiger partial charge >= 0.3 is 0 Å². The van der Waals surface area contributed by atoms with Crippen molar-refractivity contribution in [3.05, 3.63) is 35.9 Å². The van der Waals surface area contributed by atoms with Crippen LogP contribution in [0.2, 0.25) is 0 Å². The molecule has 1 aromatic carbocycles. The van der Waals surface area contributed by atoms with E-state index in [2.05, 4.69) is 32.5 Å². The van der Waals surface area contributed by atoms with E-state index in [0.29, 0.717) is 25.7 Å². The Kier molecular flexibility index (Phi) is 12.9. The highest BCUT2D eigenvalue weighted by molar-refractivity contribution is 14.0. The van der Waals surface area contributed by atoms with Crippen LogP contribution in [0.15, 0.2) is 35.3 Å². The van der Waals surface area contributed by atoms with Crippen LogP contribution in [0.25, 0.3) is 0 Å². The van der Waals surface area contributed by atoms with Gasteiger partial charge in [0.25, 0.3) is 0 Å². The molecule has 0 aliphatic rings. The molecule has 9 heteroatoms. The van der Waals surface area contributed by atoms with E-state index in [1.807, 2.05) is 32.0 Å². The number of guanidine groups is 1. The van der Waals surface area contributed by atoms with E-state index in [1.165, 1.54) is 5.56 Å². The van der Waals surface area contributed by atoms with E-state index in [0.717, 1.165) is 19.2 Å². The maximum atomic E-state index is 11.4. The largest absolute Gasteiger partial charge is 0.374 e. The Bertz CT molecular complexity index is 682. The predicted octanol–water partition coefficient (Wildman–Crippen LogP) is 2.66. The summed E-state index contributed by atoms with van der Waals surface area (Å²) < 4.78 is 31.3. The van der Waals surface area contributed by atoms with Crippen molar-refractivity contribution in [2.24, 2.45) is 4.99 Å². The van der Waals surface area contributed by atoms with Crippen LogP contribution in [0.4, 0.5) is 0 Å². The van der Waals surface area contributed by atoms with Crippen molar-refractivity contribution in [1.82, 2.24) is 15.4 Å². The molecule has 1 rings (SSSR count). The smallest absolute Gasteiger partial charge is 0.209 e. The van der Waals surface area contributed by atoms with E-state index < -0.39 is 15.6 Å². The Morgan fingerprint density at radius 1 is 1.21 bits per heavy atom. The Morgan fingerprint density at radius 2 is 1.86 bits per heavy atom. The lowest BCUT2D eigenvalue weighted by Gasteiger charge is -2.23. The van der Waals surface area contributed by atoms with Gasteiger partial charge in [-0.1, -0.05) is 30.3 Å². The number of aliphatic imine (C=N–C) groups is 1. The summed E-state index contributed by atoms with van der Waals surface area (Å²) in [4.78, 5) is 4.48. The summed E-state index contributed by atoms with van der Waals surface area (Å²) in [5.74, 6) is 0.664. The minimum absolute atomic E-state index is 0. The van der Waals surface area contributed by atoms with Gasteiger partial charge in [0, 0.05) is 25.2 Å². The van der Waals surface area contributed by atoms with Crippen LogP contribution >= 0.6 is 24.0 Å². The summed E-state index contributed by atoms with van der Waals surface area (Å²) in [5.41, 5.74) is 0.519. The lowest BCUT2D eigenvalue weighted by Crippen LogP contribution is -2.46. The number of ether oxygens (including phenoxy) is 1. The van der Waals surface area contributed by atoms with Gasteiger partial charge in [-0.15, -0.1) is 24.0 Å². The number of sulfonamides is 1. The highest BCUT2D eigenvalue weighted by Crippen LogP contribution is 2.15. The van der Waals surface area contributed by atoms with Crippen molar-refractivity contribution in [2.75, 3.05) is 32.5 Å². The Hall–Kier alpha value is -0.910. The molecule has 28 heavy (non-hydrogen) atoms. The number of nitrogens with zero attached hydrogens (tertiary/aromatic N) is 1. The first kappa shape index (κ1) is 27.1. The lowest BCUT2D eigenvalue weighted by molar-refractivity contribution is 0.0646. The van der Waals surface area contributed by atoms with Gasteiger partial charge in [-0.2, -0.15) is 0 Å². The average molecular weight is 526 g/mol. The van der Waals surface area contributed by atoms with E-state index in [4.69, 9.17) is 4.74 Å². The third-order valence-corrected chi connectivity index (χ3v) is 4.61. The second-order valence-corrected chi connectivity index (χ2v) is 8.91. The van der Waals surface area contributed by atoms with E-state index in [9.17, 15) is 8.42 Å². The van der Waals surface area contributed by atoms with Crippen molar-refractivity contribution in [3.8, 4) is 0 Å². The SMILES string of the molecule is CCNC(=NCC(C)(C)NS(C)(=O)=O)NCCCOC(C)c1ccccc1.I. The molecule has 1 aromatic rings. The lowest BCUT2D eigenvalue weighted by atomic mass is 10.1. The first-order chi connectivity index (χ1) is 12.6. The van der Waals surface area contributed by atoms with Crippen LogP contribution < -0.4 is 15.4 Å². The summed E-state index contributed by atoms with van der Waals surface area (Å²) in [7, 11) is -3.27. The minimum atomic E-state index is -3.27. The van der Waals surface area contributed by atoms with Crippen LogP contribution in [0.1, 0.15) is 45.8 Å². The molecule has 0 aliphatic heterocycles. The van der Waals surface area contributed by atoms with Crippen LogP contribution in [0.3, 0.4) is 0 Å². The summed E-state index contributed by atoms with van der Waals surface area (Å²) in [5, 5.41) is 6.42. The molecule has 0 aromatic heterocycles. The molecule has 0 spiro atoms. The Labute approximate surface area is 187 Å². The molecule has 162 valence electrons. The first-order valence-corrected chi connectivity index (χ1v) is 11.2. The predicted molar refractivity (Wildman–Crippen MR) is 127 cm³/mol. The van der Waals surface area contributed by atoms with Gasteiger partial charge in [-0.25, -0.2) is 13.1 Å². The van der Waals surface area contributed by atoms with Crippen molar-refractivity contribution in [2.45, 2.75) is 45.8 Å². The Morgan fingerprint density at radius 3 is 2.43 bits per heavy atom. The number of hydrogen-bond acceptors (Lipinski definition) is 4. The zero-order valence-electron chi connectivity index (χ0n) is 17.5. The number of hydrogen-bond donors (Lipinski definition) is 3. The number of halogens is 1. The van der Waals surface area contributed by atoms with Crippen molar-refractivity contribution in [3.63, 3.8) is 0 Å². The molecule has 0 saturated heterocycles. The van der Waals surface area contributed by atoms with E-state index in [1.54, 1.807) is 13.8 Å². The molecule has 1 unspecified atom stereocenters. The fourth-order valence-corrected chi connectivity index (χ4v) is 3.58. The van der Waals surface area contributed by atoms with Gasteiger partial charge in [0.1, 0.15) is 0 Å². The summed E-state index contributed by atoms with van der Waals surface area (Å²) in [6, 6.07) is 10.1. The van der Waals surface area contributed by atoms with Crippen LogP contribution in [0.5, 0.6) is 0 Å². The monoisotopic (exact) mass is 526 g/mol. The normalized spacial score (nSPS) is 13.5. The summed E-state index contributed by atoms with van der Waals surface area (Å²) >= 11 is 0. The topological polar surface area (TPSA) is 91.8 Å². The quantitative estimate of drug-likeness (QED) is 0.179. The highest BCUT2D eigenvalue weighted by Gasteiger charge is 2.21. The maximum Gasteiger partial charge on any atom is 0.209 e. The molecule has 0 bridgehead atoms. The van der Waals surface area contributed by atoms with Gasteiger partial charge in [-0.3, -0.25) is 4.99 Å². The zero-order chi connectivity index (χ0) is 20.3. The van der Waals surface area contributed by atoms with E-state index in [-0.39, 0.29) is 30.1 Å². The van der Waals surface area contributed by atoms with Gasteiger partial charge < -0.3 is 15.4 Å². The summed E-state index contributed by atoms with van der Waals surface area (Å²) in [6.07, 6.45) is 2.06. The highest BCUT2D eigenvalue weighted by atomic mass is 127. The minimum Gasteiger partial charge on any atom is -0.374 e. The van der Waals surface area contributed by atoms with Crippen molar-refractivity contribution in [1.29, 1.82) is 0 Å². The van der Waals surface area contributed by atoms with Crippen molar-refractivity contribution >= 4 is 40.0 Å². The number of rotatable bonds is 11. The second kappa shape index (κ2) is 13.3. The van der Waals surface area contributed by atoms with Crippen LogP contribution in [-0.2, 0) is 14.8 Å². The third-order valence-electron chi connectivity index (χ3n) is 3.69. The summed E-state index contributed by atoms with van der Waals surface area (Å²) in [6.45, 7) is 10.1. The fraction of sp³-hybridized carbons (Fsp3) is 0.632. The van der Waals surface area contributed by atoms with Gasteiger partial charge in [-0.05, 0) is 39.7 Å². The standard InChI is InChI=1S/C19H34N4O3S.HI/c1-6-20-18(22-15-19(3,4)23-27(5,24)25)21-13-10-14-26-16(2)17-11-8-7-9-12-17;/h7-9,11-12,16,23H,6,10,13-15H2,1-5H3,(H2,20,21,22);1H. The molecule has 0 saturated carbocycles. The molecule has 1 atom stereocenters. The second-order valence-electron chi connectivity index (χ2n) is 7.16. The molecule has 3 N–H and O–H groups in total. The van der Waals surface area contributed by atoms with Crippen LogP contribution in [-0.4, -0.2) is 52.4 Å². The molecule has 0 fully saturated rings. The molecular weight excluding hydrogens is 491 g/mol. The maximum absolute atomic E-state index is 11.4. The molecule has 0 heterocycles. The number of benzene rings is 1. The van der Waals surface area contributed by atoms with E-state index >= 15 is 0 Å². The molecule has 0 aliphatic carbocycles. The molecule has 0 amide bonds. The number of nitrogens with one attached hydrogen (secondary N) is 3. The Balaban J connectivity index is 0.00000729. The molecule has 0 radical (unpaired) electrons. The van der Waals surface area contributed by atoms with Gasteiger partial charge in [0.2, 0.25) is 10.0 Å². The fourth-order valence-electron chi connectivity index (χ4n) is 2.51. The zero-order valence-corrected chi connectivity index (χ0v) is 20.6. The van der Waals surface area contributed by atoms with Gasteiger partial charge in [0.05, 0.1) is 18.9 Å². The first-order valence-electron chi connectivity index (χ1n) is 9.30. The van der Waals surface area contributed by atoms with Crippen molar-refractivity contribution < 1.29 is 13.2 Å². The van der Waals surface area contributed by atoms with Crippen LogP contribution in [0, 0.1) is 0 Å². The molecule has 7 nitrogen and oxygen atoms in total. The third kappa shape index (κ3) is 12.5. The molecular formula is C19H35IN4O3S. The average Bonchev–Trinajstić information content (AvgIpc) is 2.58. The van der Waals surface area contributed by atoms with Gasteiger partial charge in [0.15, 0.2) is 5.96 Å².